The van der Waals surface area contributed by atoms with Crippen LogP contribution in [0.1, 0.15) is 32.8 Å². The number of anilines is 1. The molecule has 0 radical (unpaired) electrons. The fourth-order valence-electron chi connectivity index (χ4n) is 1.16. The Labute approximate surface area is 114 Å². The number of rotatable bonds is 2. The van der Waals surface area contributed by atoms with E-state index in [2.05, 4.69) is 15.6 Å². The van der Waals surface area contributed by atoms with E-state index in [1.54, 1.807) is 33.2 Å². The van der Waals surface area contributed by atoms with Crippen molar-refractivity contribution in [3.05, 3.63) is 24.0 Å². The molecule has 0 aliphatic rings. The first kappa shape index (κ1) is 16.8. The number of ether oxygens (including phenoxy) is 1. The molecule has 0 saturated heterocycles. The number of aryl methyl sites for hydroxylation is 1. The van der Waals surface area contributed by atoms with E-state index >= 15 is 0 Å². The van der Waals surface area contributed by atoms with Crippen LogP contribution < -0.4 is 11.5 Å². The summed E-state index contributed by atoms with van der Waals surface area (Å²) in [5.74, 6) is 2.57. The van der Waals surface area contributed by atoms with E-state index in [4.69, 9.17) is 17.9 Å². The van der Waals surface area contributed by atoms with Gasteiger partial charge in [0.15, 0.2) is 0 Å². The monoisotopic (exact) mass is 263 g/mol. The van der Waals surface area contributed by atoms with Gasteiger partial charge in [0.05, 0.1) is 5.69 Å². The number of amides is 1. The molecule has 0 unspecified atom stereocenters. The van der Waals surface area contributed by atoms with Crippen LogP contribution >= 0.6 is 0 Å². The zero-order valence-corrected chi connectivity index (χ0v) is 11.6. The smallest absolute Gasteiger partial charge is 0.405 e. The molecule has 0 bridgehead atoms. The predicted octanol–water partition coefficient (Wildman–Crippen LogP) is 2.11. The van der Waals surface area contributed by atoms with Crippen molar-refractivity contribution >= 4 is 11.8 Å². The van der Waals surface area contributed by atoms with Crippen molar-refractivity contribution in [3.8, 4) is 12.3 Å². The molecule has 4 N–H and O–H groups in total. The van der Waals surface area contributed by atoms with E-state index in [0.717, 1.165) is 18.4 Å². The van der Waals surface area contributed by atoms with E-state index in [9.17, 15) is 4.79 Å². The van der Waals surface area contributed by atoms with Gasteiger partial charge in [-0.15, -0.1) is 12.3 Å². The van der Waals surface area contributed by atoms with Crippen molar-refractivity contribution < 1.29 is 9.53 Å². The number of aromatic nitrogens is 1. The van der Waals surface area contributed by atoms with Crippen molar-refractivity contribution in [2.24, 2.45) is 5.73 Å². The first-order valence-electron chi connectivity index (χ1n) is 5.86. The summed E-state index contributed by atoms with van der Waals surface area (Å²) in [6.45, 7) is 5.28. The molecular formula is C14H21N3O2. The summed E-state index contributed by atoms with van der Waals surface area (Å²) in [6.07, 6.45) is 9.39. The topological polar surface area (TPSA) is 91.2 Å². The molecule has 0 aliphatic heterocycles. The molecule has 0 aliphatic carbocycles. The highest BCUT2D eigenvalue weighted by atomic mass is 16.6. The Balaban J connectivity index is 0.000000362. The van der Waals surface area contributed by atoms with Gasteiger partial charge in [-0.05, 0) is 38.8 Å². The average Bonchev–Trinajstić information content (AvgIpc) is 2.24. The van der Waals surface area contributed by atoms with Gasteiger partial charge in [-0.2, -0.15) is 0 Å². The van der Waals surface area contributed by atoms with Gasteiger partial charge in [0.25, 0.3) is 0 Å². The Kier molecular flexibility index (Phi) is 7.05. The highest BCUT2D eigenvalue weighted by Crippen LogP contribution is 2.05. The minimum Gasteiger partial charge on any atom is -0.444 e. The quantitative estimate of drug-likeness (QED) is 0.799. The number of primary amides is 1. The van der Waals surface area contributed by atoms with Crippen LogP contribution in [0.3, 0.4) is 0 Å². The number of hydrogen-bond donors (Lipinski definition) is 2. The number of carbonyl (C=O) groups is 1. The van der Waals surface area contributed by atoms with Crippen LogP contribution in [0, 0.1) is 12.3 Å². The summed E-state index contributed by atoms with van der Waals surface area (Å²) in [7, 11) is 0. The Morgan fingerprint density at radius 2 is 2.11 bits per heavy atom. The number of carbonyl (C=O) groups excluding carboxylic acids is 1. The Bertz CT molecular complexity index is 445. The van der Waals surface area contributed by atoms with Crippen molar-refractivity contribution in [1.82, 2.24) is 4.98 Å². The van der Waals surface area contributed by atoms with Crippen molar-refractivity contribution in [3.63, 3.8) is 0 Å². The number of hydrogen-bond acceptors (Lipinski definition) is 4. The van der Waals surface area contributed by atoms with E-state index in [0.29, 0.717) is 5.69 Å². The molecule has 5 nitrogen and oxygen atoms in total. The second-order valence-electron chi connectivity index (χ2n) is 4.86. The average molecular weight is 263 g/mol. The lowest BCUT2D eigenvalue weighted by atomic mass is 10.1. The van der Waals surface area contributed by atoms with E-state index in [-0.39, 0.29) is 0 Å². The minimum atomic E-state index is -0.725. The number of terminal acetylenes is 1. The molecule has 0 fully saturated rings. The standard InChI is InChI=1S/C9H10N2.C5H11NO2/c1-2-3-4-8-5-9(10)7-11-6-8;1-5(2,3)8-4(6)7/h1,5-7H,3-4,10H2;1-3H3,(H2,6,7). The van der Waals surface area contributed by atoms with Gasteiger partial charge >= 0.3 is 6.09 Å². The number of nitrogens with two attached hydrogens (primary N) is 2. The normalized spacial score (nSPS) is 9.79. The summed E-state index contributed by atoms with van der Waals surface area (Å²) < 4.78 is 4.58. The van der Waals surface area contributed by atoms with E-state index in [1.165, 1.54) is 0 Å². The summed E-state index contributed by atoms with van der Waals surface area (Å²) in [4.78, 5) is 14.0. The van der Waals surface area contributed by atoms with Crippen LogP contribution in [0.25, 0.3) is 0 Å². The van der Waals surface area contributed by atoms with Crippen LogP contribution in [0.2, 0.25) is 0 Å². The first-order chi connectivity index (χ1) is 8.74. The maximum absolute atomic E-state index is 10.0. The SMILES string of the molecule is C#CCCc1cncc(N)c1.CC(C)(C)OC(N)=O. The van der Waals surface area contributed by atoms with Crippen molar-refractivity contribution in [2.75, 3.05) is 5.73 Å². The van der Waals surface area contributed by atoms with Gasteiger partial charge in [-0.1, -0.05) is 0 Å². The second-order valence-corrected chi connectivity index (χ2v) is 4.86. The third-order valence-electron chi connectivity index (χ3n) is 1.78. The molecule has 0 atom stereocenters. The molecule has 104 valence electrons. The molecule has 0 saturated carbocycles. The lowest BCUT2D eigenvalue weighted by Crippen LogP contribution is -2.27. The summed E-state index contributed by atoms with van der Waals surface area (Å²) in [5.41, 5.74) is 11.6. The van der Waals surface area contributed by atoms with Crippen molar-refractivity contribution in [1.29, 1.82) is 0 Å². The molecule has 19 heavy (non-hydrogen) atoms. The van der Waals surface area contributed by atoms with Gasteiger partial charge in [-0.25, -0.2) is 4.79 Å². The van der Waals surface area contributed by atoms with Crippen LogP contribution in [0.15, 0.2) is 18.5 Å². The Morgan fingerprint density at radius 1 is 1.47 bits per heavy atom. The van der Waals surface area contributed by atoms with E-state index < -0.39 is 11.7 Å². The lowest BCUT2D eigenvalue weighted by Gasteiger charge is -2.16. The van der Waals surface area contributed by atoms with Gasteiger partial charge < -0.3 is 16.2 Å². The van der Waals surface area contributed by atoms with Crippen LogP contribution in [-0.4, -0.2) is 16.7 Å². The zero-order chi connectivity index (χ0) is 14.9. The highest BCUT2D eigenvalue weighted by molar-refractivity contribution is 5.65. The molecular weight excluding hydrogens is 242 g/mol. The lowest BCUT2D eigenvalue weighted by molar-refractivity contribution is 0.0600. The van der Waals surface area contributed by atoms with Gasteiger partial charge in [0.2, 0.25) is 0 Å². The van der Waals surface area contributed by atoms with Gasteiger partial charge in [-0.3, -0.25) is 4.98 Å². The number of pyridine rings is 1. The largest absolute Gasteiger partial charge is 0.444 e. The van der Waals surface area contributed by atoms with Crippen LogP contribution in [0.4, 0.5) is 10.5 Å². The fraction of sp³-hybridized carbons (Fsp3) is 0.429. The predicted molar refractivity (Wildman–Crippen MR) is 76.2 cm³/mol. The third kappa shape index (κ3) is 10.6. The molecule has 1 amide bonds. The fourth-order valence-corrected chi connectivity index (χ4v) is 1.16. The Hall–Kier alpha value is -2.22. The maximum atomic E-state index is 10.0. The van der Waals surface area contributed by atoms with Gasteiger partial charge in [0, 0.05) is 18.8 Å². The molecule has 1 rings (SSSR count). The summed E-state index contributed by atoms with van der Waals surface area (Å²) >= 11 is 0. The molecule has 1 aromatic rings. The Morgan fingerprint density at radius 3 is 2.47 bits per heavy atom. The first-order valence-corrected chi connectivity index (χ1v) is 5.86. The minimum absolute atomic E-state index is 0.453. The van der Waals surface area contributed by atoms with Gasteiger partial charge in [0.1, 0.15) is 5.60 Å². The zero-order valence-electron chi connectivity index (χ0n) is 11.6. The van der Waals surface area contributed by atoms with Crippen molar-refractivity contribution in [2.45, 2.75) is 39.2 Å². The highest BCUT2D eigenvalue weighted by Gasteiger charge is 2.12. The van der Waals surface area contributed by atoms with Crippen LogP contribution in [-0.2, 0) is 11.2 Å². The second kappa shape index (κ2) is 7.98. The molecule has 0 spiro atoms. The number of nitrogen functional groups attached to an aromatic ring is 1. The molecule has 1 aromatic heterocycles. The third-order valence-corrected chi connectivity index (χ3v) is 1.78. The van der Waals surface area contributed by atoms with Crippen LogP contribution in [0.5, 0.6) is 0 Å². The molecule has 5 heteroatoms. The molecule has 0 aromatic carbocycles. The molecule has 1 heterocycles. The van der Waals surface area contributed by atoms with E-state index in [1.807, 2.05) is 6.07 Å². The summed E-state index contributed by atoms with van der Waals surface area (Å²) in [6, 6.07) is 1.89. The maximum Gasteiger partial charge on any atom is 0.405 e. The summed E-state index contributed by atoms with van der Waals surface area (Å²) in [5, 5.41) is 0. The number of nitrogens with zero attached hydrogens (tertiary/aromatic N) is 1.